The minimum absolute atomic E-state index is 0.0535. The number of amides is 1. The summed E-state index contributed by atoms with van der Waals surface area (Å²) in [5, 5.41) is 3.26. The Labute approximate surface area is 178 Å². The molecule has 0 unspecified atom stereocenters. The van der Waals surface area contributed by atoms with Gasteiger partial charge in [0.1, 0.15) is 5.75 Å². The van der Waals surface area contributed by atoms with Crippen molar-refractivity contribution in [2.24, 2.45) is 0 Å². The fourth-order valence-corrected chi connectivity index (χ4v) is 4.68. The smallest absolute Gasteiger partial charge is 0.234 e. The number of nitrogens with zero attached hydrogens (tertiary/aromatic N) is 1. The highest BCUT2D eigenvalue weighted by atomic mass is 16.5. The van der Waals surface area contributed by atoms with E-state index in [9.17, 15) is 4.79 Å². The number of ether oxygens (including phenoxy) is 3. The number of fused-ring (bicyclic) bond motifs is 2. The fourth-order valence-electron chi connectivity index (χ4n) is 4.68. The average molecular weight is 411 g/mol. The highest BCUT2D eigenvalue weighted by molar-refractivity contribution is 5.78. The fraction of sp³-hybridized carbons (Fsp3) is 0.458. The van der Waals surface area contributed by atoms with Crippen LogP contribution < -0.4 is 19.5 Å². The maximum absolute atomic E-state index is 12.9. The van der Waals surface area contributed by atoms with Crippen LogP contribution in [0.15, 0.2) is 30.3 Å². The summed E-state index contributed by atoms with van der Waals surface area (Å²) in [4.78, 5) is 15.0. The summed E-state index contributed by atoms with van der Waals surface area (Å²) in [6, 6.07) is 10.2. The highest BCUT2D eigenvalue weighted by Gasteiger charge is 2.26. The molecule has 1 atom stereocenters. The lowest BCUT2D eigenvalue weighted by Crippen LogP contribution is -2.41. The van der Waals surface area contributed by atoms with Gasteiger partial charge in [0.15, 0.2) is 11.5 Å². The third-order valence-electron chi connectivity index (χ3n) is 6.18. The van der Waals surface area contributed by atoms with Gasteiger partial charge in [0.25, 0.3) is 0 Å². The van der Waals surface area contributed by atoms with Crippen molar-refractivity contribution in [1.29, 1.82) is 0 Å². The molecule has 0 spiro atoms. The molecule has 1 amide bonds. The summed E-state index contributed by atoms with van der Waals surface area (Å²) in [7, 11) is 5.01. The lowest BCUT2D eigenvalue weighted by atomic mass is 9.87. The van der Waals surface area contributed by atoms with Gasteiger partial charge in [0.05, 0.1) is 33.9 Å². The van der Waals surface area contributed by atoms with E-state index in [-0.39, 0.29) is 11.9 Å². The molecule has 2 aromatic rings. The lowest BCUT2D eigenvalue weighted by Gasteiger charge is -2.31. The first-order valence-electron chi connectivity index (χ1n) is 10.5. The Balaban J connectivity index is 1.42. The van der Waals surface area contributed by atoms with Crippen molar-refractivity contribution in [1.82, 2.24) is 10.2 Å². The molecule has 6 heteroatoms. The van der Waals surface area contributed by atoms with Crippen LogP contribution in [-0.4, -0.2) is 45.2 Å². The molecule has 2 aliphatic rings. The highest BCUT2D eigenvalue weighted by Crippen LogP contribution is 2.35. The molecule has 1 heterocycles. The van der Waals surface area contributed by atoms with Crippen molar-refractivity contribution in [3.63, 3.8) is 0 Å². The molecule has 0 radical (unpaired) electrons. The standard InChI is InChI=1S/C24H30N2O4/c1-28-21-9-5-6-18-19(21)7-4-8-20(18)25-24(27)15-26-11-10-16-12-22(29-2)23(30-3)13-17(16)14-26/h5-6,9,12-13,20H,4,7-8,10-11,14-15H2,1-3H3,(H,25,27)/t20-/m0/s1. The van der Waals surface area contributed by atoms with Crippen LogP contribution in [0.2, 0.25) is 0 Å². The number of carbonyl (C=O) groups excluding carboxylic acids is 1. The van der Waals surface area contributed by atoms with Crippen molar-refractivity contribution in [2.75, 3.05) is 34.4 Å². The maximum atomic E-state index is 12.9. The minimum Gasteiger partial charge on any atom is -0.496 e. The molecule has 6 nitrogen and oxygen atoms in total. The summed E-state index contributed by atoms with van der Waals surface area (Å²) >= 11 is 0. The van der Waals surface area contributed by atoms with Crippen LogP contribution in [0.4, 0.5) is 0 Å². The van der Waals surface area contributed by atoms with Crippen LogP contribution in [0.1, 0.15) is 41.1 Å². The van der Waals surface area contributed by atoms with Gasteiger partial charge in [0, 0.05) is 13.1 Å². The Morgan fingerprint density at radius 2 is 1.77 bits per heavy atom. The summed E-state index contributed by atoms with van der Waals surface area (Å²) in [6.07, 6.45) is 3.91. The van der Waals surface area contributed by atoms with Crippen LogP contribution in [0.5, 0.6) is 17.2 Å². The number of rotatable bonds is 6. The van der Waals surface area contributed by atoms with E-state index < -0.39 is 0 Å². The van der Waals surface area contributed by atoms with Crippen LogP contribution >= 0.6 is 0 Å². The van der Waals surface area contributed by atoms with Gasteiger partial charge in [-0.1, -0.05) is 12.1 Å². The van der Waals surface area contributed by atoms with E-state index in [0.29, 0.717) is 6.54 Å². The van der Waals surface area contributed by atoms with Gasteiger partial charge in [-0.25, -0.2) is 0 Å². The van der Waals surface area contributed by atoms with Gasteiger partial charge in [-0.2, -0.15) is 0 Å². The summed E-state index contributed by atoms with van der Waals surface area (Å²) < 4.78 is 16.4. The minimum atomic E-state index is 0.0535. The molecule has 0 fully saturated rings. The monoisotopic (exact) mass is 410 g/mol. The number of nitrogens with one attached hydrogen (secondary N) is 1. The first-order chi connectivity index (χ1) is 14.6. The summed E-state index contributed by atoms with van der Waals surface area (Å²) in [5.41, 5.74) is 4.87. The first-order valence-corrected chi connectivity index (χ1v) is 10.5. The molecule has 1 aliphatic heterocycles. The van der Waals surface area contributed by atoms with Crippen molar-refractivity contribution in [2.45, 2.75) is 38.3 Å². The first kappa shape index (κ1) is 20.5. The Hall–Kier alpha value is -2.73. The molecule has 0 bridgehead atoms. The second kappa shape index (κ2) is 8.96. The third kappa shape index (κ3) is 4.10. The molecule has 0 saturated heterocycles. The van der Waals surface area contributed by atoms with Gasteiger partial charge in [-0.15, -0.1) is 0 Å². The molecule has 4 rings (SSSR count). The van der Waals surface area contributed by atoms with Crippen molar-refractivity contribution in [3.05, 3.63) is 52.6 Å². The maximum Gasteiger partial charge on any atom is 0.234 e. The molecule has 1 aliphatic carbocycles. The predicted octanol–water partition coefficient (Wildman–Crippen LogP) is 3.26. The number of hydrogen-bond acceptors (Lipinski definition) is 5. The van der Waals surface area contributed by atoms with E-state index in [4.69, 9.17) is 14.2 Å². The Kier molecular flexibility index (Phi) is 6.13. The number of methoxy groups -OCH3 is 3. The Morgan fingerprint density at radius 3 is 2.50 bits per heavy atom. The van der Waals surface area contributed by atoms with E-state index in [1.807, 2.05) is 18.2 Å². The quantitative estimate of drug-likeness (QED) is 0.792. The molecule has 1 N–H and O–H groups in total. The molecule has 160 valence electrons. The molecule has 30 heavy (non-hydrogen) atoms. The Bertz CT molecular complexity index is 928. The van der Waals surface area contributed by atoms with Gasteiger partial charge in [0.2, 0.25) is 5.91 Å². The van der Waals surface area contributed by atoms with E-state index in [2.05, 4.69) is 22.3 Å². The average Bonchev–Trinajstić information content (AvgIpc) is 2.77. The van der Waals surface area contributed by atoms with E-state index >= 15 is 0 Å². The predicted molar refractivity (Wildman–Crippen MR) is 115 cm³/mol. The lowest BCUT2D eigenvalue weighted by molar-refractivity contribution is -0.123. The van der Waals surface area contributed by atoms with E-state index in [1.165, 1.54) is 22.3 Å². The van der Waals surface area contributed by atoms with Gasteiger partial charge < -0.3 is 19.5 Å². The second-order valence-corrected chi connectivity index (χ2v) is 7.98. The Morgan fingerprint density at radius 1 is 1.03 bits per heavy atom. The molecular weight excluding hydrogens is 380 g/mol. The number of carbonyl (C=O) groups is 1. The molecular formula is C24H30N2O4. The number of hydrogen-bond donors (Lipinski definition) is 1. The molecule has 2 aromatic carbocycles. The molecule has 0 aromatic heterocycles. The topological polar surface area (TPSA) is 60.0 Å². The normalized spacial score (nSPS) is 18.2. The van der Waals surface area contributed by atoms with E-state index in [0.717, 1.165) is 56.0 Å². The van der Waals surface area contributed by atoms with Crippen LogP contribution in [0.3, 0.4) is 0 Å². The largest absolute Gasteiger partial charge is 0.496 e. The van der Waals surface area contributed by atoms with Crippen LogP contribution in [0.25, 0.3) is 0 Å². The number of benzene rings is 2. The van der Waals surface area contributed by atoms with Crippen molar-refractivity contribution < 1.29 is 19.0 Å². The zero-order valence-corrected chi connectivity index (χ0v) is 18.0. The van der Waals surface area contributed by atoms with Crippen LogP contribution in [-0.2, 0) is 24.2 Å². The van der Waals surface area contributed by atoms with Gasteiger partial charge in [-0.05, 0) is 66.1 Å². The summed E-state index contributed by atoms with van der Waals surface area (Å²) in [6.45, 7) is 1.98. The zero-order valence-electron chi connectivity index (χ0n) is 18.0. The summed E-state index contributed by atoms with van der Waals surface area (Å²) in [5.74, 6) is 2.48. The molecule has 0 saturated carbocycles. The van der Waals surface area contributed by atoms with Crippen molar-refractivity contribution in [3.8, 4) is 17.2 Å². The van der Waals surface area contributed by atoms with Crippen LogP contribution in [0, 0.1) is 0 Å². The van der Waals surface area contributed by atoms with Gasteiger partial charge >= 0.3 is 0 Å². The third-order valence-corrected chi connectivity index (χ3v) is 6.18. The van der Waals surface area contributed by atoms with Crippen molar-refractivity contribution >= 4 is 5.91 Å². The SMILES string of the molecule is COc1cc2c(cc1OC)CN(CC(=O)N[C@H]1CCCc3c(OC)cccc31)CC2. The zero-order chi connectivity index (χ0) is 21.1. The van der Waals surface area contributed by atoms with Gasteiger partial charge in [-0.3, -0.25) is 9.69 Å². The second-order valence-electron chi connectivity index (χ2n) is 7.98. The van der Waals surface area contributed by atoms with E-state index in [1.54, 1.807) is 21.3 Å².